The minimum absolute atomic E-state index is 0.284. The summed E-state index contributed by atoms with van der Waals surface area (Å²) in [7, 11) is 4.75. The average molecular weight is 536 g/mol. The minimum atomic E-state index is -0.502. The van der Waals surface area contributed by atoms with Crippen LogP contribution in [-0.2, 0) is 0 Å². The Morgan fingerprint density at radius 3 is 2.43 bits per heavy atom. The zero-order valence-electron chi connectivity index (χ0n) is 20.4. The minimum Gasteiger partial charge on any atom is -0.497 e. The topological polar surface area (TPSA) is 73.2 Å². The largest absolute Gasteiger partial charge is 0.497 e. The van der Waals surface area contributed by atoms with E-state index in [1.807, 2.05) is 42.5 Å². The van der Waals surface area contributed by atoms with Crippen molar-refractivity contribution in [1.82, 2.24) is 9.99 Å². The van der Waals surface area contributed by atoms with Gasteiger partial charge >= 0.3 is 0 Å². The molecule has 188 valence electrons. The maximum absolute atomic E-state index is 13.7. The number of aromatic nitrogens is 1. The maximum atomic E-state index is 13.7. The van der Waals surface area contributed by atoms with Gasteiger partial charge < -0.3 is 14.2 Å². The Kier molecular flexibility index (Phi) is 6.91. The predicted octanol–water partition coefficient (Wildman–Crippen LogP) is 6.56. The molecule has 0 bridgehead atoms. The van der Waals surface area contributed by atoms with Crippen molar-refractivity contribution in [1.29, 1.82) is 0 Å². The lowest BCUT2D eigenvalue weighted by Crippen LogP contribution is -2.27. The van der Waals surface area contributed by atoms with Gasteiger partial charge in [-0.2, -0.15) is 5.10 Å². The van der Waals surface area contributed by atoms with E-state index in [1.165, 1.54) is 5.01 Å². The van der Waals surface area contributed by atoms with Gasteiger partial charge in [0.15, 0.2) is 11.5 Å². The second kappa shape index (κ2) is 10.3. The summed E-state index contributed by atoms with van der Waals surface area (Å²) in [4.78, 5) is 18.3. The number of hydrogen-bond acceptors (Lipinski definition) is 6. The molecule has 3 aromatic carbocycles. The third-order valence-electron chi connectivity index (χ3n) is 6.30. The molecule has 1 unspecified atom stereocenters. The first-order valence-corrected chi connectivity index (χ1v) is 12.2. The number of fused-ring (bicyclic) bond motifs is 1. The highest BCUT2D eigenvalue weighted by Gasteiger charge is 2.36. The van der Waals surface area contributed by atoms with Crippen molar-refractivity contribution in [3.05, 3.63) is 93.6 Å². The van der Waals surface area contributed by atoms with E-state index in [0.29, 0.717) is 51.0 Å². The molecular weight excluding hydrogens is 513 g/mol. The van der Waals surface area contributed by atoms with Gasteiger partial charge in [-0.15, -0.1) is 0 Å². The van der Waals surface area contributed by atoms with E-state index in [2.05, 4.69) is 4.98 Å². The van der Waals surface area contributed by atoms with Crippen molar-refractivity contribution in [2.75, 3.05) is 21.3 Å². The van der Waals surface area contributed by atoms with Crippen LogP contribution in [0.3, 0.4) is 0 Å². The molecule has 0 N–H and O–H groups in total. The van der Waals surface area contributed by atoms with Crippen LogP contribution in [0.1, 0.15) is 33.9 Å². The zero-order chi connectivity index (χ0) is 26.1. The summed E-state index contributed by atoms with van der Waals surface area (Å²) in [5.74, 6) is 1.51. The van der Waals surface area contributed by atoms with Crippen LogP contribution >= 0.6 is 23.2 Å². The molecular formula is C28H23Cl2N3O4. The van der Waals surface area contributed by atoms with E-state index in [-0.39, 0.29) is 11.1 Å². The lowest BCUT2D eigenvalue weighted by molar-refractivity contribution is 0.0711. The molecule has 0 saturated heterocycles. The summed E-state index contributed by atoms with van der Waals surface area (Å²) in [6.07, 6.45) is 0.411. The summed E-state index contributed by atoms with van der Waals surface area (Å²) < 4.78 is 16.2. The van der Waals surface area contributed by atoms with E-state index in [4.69, 9.17) is 42.5 Å². The number of hydrogen-bond donors (Lipinski definition) is 0. The lowest BCUT2D eigenvalue weighted by atomic mass is 9.97. The van der Waals surface area contributed by atoms with E-state index in [1.54, 1.807) is 45.6 Å². The molecule has 37 heavy (non-hydrogen) atoms. The predicted molar refractivity (Wildman–Crippen MR) is 144 cm³/mol. The number of halogens is 2. The van der Waals surface area contributed by atoms with Crippen molar-refractivity contribution in [2.45, 2.75) is 12.5 Å². The second-order valence-electron chi connectivity index (χ2n) is 8.39. The summed E-state index contributed by atoms with van der Waals surface area (Å²) in [6.45, 7) is 0. The average Bonchev–Trinajstić information content (AvgIpc) is 3.37. The molecule has 1 aliphatic rings. The fourth-order valence-corrected chi connectivity index (χ4v) is 4.88. The Hall–Kier alpha value is -3.81. The highest BCUT2D eigenvalue weighted by atomic mass is 35.5. The lowest BCUT2D eigenvalue weighted by Gasteiger charge is -2.23. The summed E-state index contributed by atoms with van der Waals surface area (Å²) in [6, 6.07) is 19.4. The zero-order valence-corrected chi connectivity index (χ0v) is 21.9. The van der Waals surface area contributed by atoms with Crippen LogP contribution in [0.25, 0.3) is 10.9 Å². The molecule has 0 saturated carbocycles. The van der Waals surface area contributed by atoms with E-state index in [0.717, 1.165) is 10.9 Å². The van der Waals surface area contributed by atoms with Crippen LogP contribution < -0.4 is 14.2 Å². The van der Waals surface area contributed by atoms with Gasteiger partial charge in [-0.3, -0.25) is 4.79 Å². The van der Waals surface area contributed by atoms with Crippen LogP contribution in [-0.4, -0.2) is 42.9 Å². The van der Waals surface area contributed by atoms with Gasteiger partial charge in [0, 0.05) is 29.0 Å². The number of methoxy groups -OCH3 is 3. The molecule has 1 aliphatic heterocycles. The molecule has 0 fully saturated rings. The molecule has 0 spiro atoms. The highest BCUT2D eigenvalue weighted by Crippen LogP contribution is 2.40. The number of nitrogens with zero attached hydrogens (tertiary/aromatic N) is 3. The summed E-state index contributed by atoms with van der Waals surface area (Å²) >= 11 is 13.1. The molecule has 1 amide bonds. The van der Waals surface area contributed by atoms with Crippen molar-refractivity contribution < 1.29 is 19.0 Å². The quantitative estimate of drug-likeness (QED) is 0.261. The fourth-order valence-electron chi connectivity index (χ4n) is 4.39. The molecule has 5 rings (SSSR count). The van der Waals surface area contributed by atoms with Crippen molar-refractivity contribution in [2.24, 2.45) is 5.10 Å². The number of hydrazone groups is 1. The van der Waals surface area contributed by atoms with Crippen LogP contribution in [0.4, 0.5) is 0 Å². The first kappa shape index (κ1) is 24.9. The third-order valence-corrected chi connectivity index (χ3v) is 6.94. The Labute approximate surface area is 224 Å². The molecule has 7 nitrogen and oxygen atoms in total. The molecule has 1 aromatic heterocycles. The number of pyridine rings is 1. The maximum Gasteiger partial charge on any atom is 0.276 e. The van der Waals surface area contributed by atoms with E-state index in [9.17, 15) is 4.79 Å². The van der Waals surface area contributed by atoms with Gasteiger partial charge in [0.05, 0.1) is 49.2 Å². The van der Waals surface area contributed by atoms with Crippen LogP contribution in [0, 0.1) is 0 Å². The standard InChI is InChI=1S/C28H23Cl2N3O4/c1-35-18-10-8-16-12-20(27(30)31-22(16)14-18)24-15-23(17-9-11-25(36-2)26(13-17)37-3)32-33(24)28(34)19-6-4-5-7-21(19)29/h4-14,24H,15H2,1-3H3. The second-order valence-corrected chi connectivity index (χ2v) is 9.16. The summed E-state index contributed by atoms with van der Waals surface area (Å²) in [5.41, 5.74) is 3.21. The highest BCUT2D eigenvalue weighted by molar-refractivity contribution is 6.34. The normalized spacial score (nSPS) is 15.0. The SMILES string of the molecule is COc1ccc2cc(C3CC(c4ccc(OC)c(OC)c4)=NN3C(=O)c3ccccc3Cl)c(Cl)nc2c1. The van der Waals surface area contributed by atoms with E-state index < -0.39 is 6.04 Å². The van der Waals surface area contributed by atoms with Gasteiger partial charge in [-0.25, -0.2) is 9.99 Å². The number of amides is 1. The van der Waals surface area contributed by atoms with Gasteiger partial charge in [-0.1, -0.05) is 35.3 Å². The monoisotopic (exact) mass is 535 g/mol. The molecule has 0 aliphatic carbocycles. The number of carbonyl (C=O) groups is 1. The first-order valence-electron chi connectivity index (χ1n) is 11.5. The van der Waals surface area contributed by atoms with Crippen LogP contribution in [0.5, 0.6) is 17.2 Å². The first-order chi connectivity index (χ1) is 17.9. The smallest absolute Gasteiger partial charge is 0.276 e. The number of rotatable bonds is 6. The van der Waals surface area contributed by atoms with Crippen molar-refractivity contribution in [3.8, 4) is 17.2 Å². The van der Waals surface area contributed by atoms with Gasteiger partial charge in [0.25, 0.3) is 5.91 Å². The number of ether oxygens (including phenoxy) is 3. The Morgan fingerprint density at radius 2 is 1.70 bits per heavy atom. The Bertz CT molecular complexity index is 1540. The van der Waals surface area contributed by atoms with Gasteiger partial charge in [0.2, 0.25) is 0 Å². The van der Waals surface area contributed by atoms with E-state index >= 15 is 0 Å². The number of benzene rings is 3. The Balaban J connectivity index is 1.61. The molecule has 9 heteroatoms. The van der Waals surface area contributed by atoms with Gasteiger partial charge in [-0.05, 0) is 48.5 Å². The van der Waals surface area contributed by atoms with Crippen molar-refractivity contribution >= 4 is 45.7 Å². The summed E-state index contributed by atoms with van der Waals surface area (Å²) in [5, 5.41) is 7.68. The fraction of sp³-hybridized carbons (Fsp3) is 0.179. The number of carbonyl (C=O) groups excluding carboxylic acids is 1. The van der Waals surface area contributed by atoms with Crippen LogP contribution in [0.2, 0.25) is 10.2 Å². The third kappa shape index (κ3) is 4.68. The van der Waals surface area contributed by atoms with Crippen molar-refractivity contribution in [3.63, 3.8) is 0 Å². The van der Waals surface area contributed by atoms with Crippen LogP contribution in [0.15, 0.2) is 71.8 Å². The molecule has 1 atom stereocenters. The Morgan fingerprint density at radius 1 is 0.919 bits per heavy atom. The van der Waals surface area contributed by atoms with Gasteiger partial charge in [0.1, 0.15) is 10.9 Å². The molecule has 2 heterocycles. The molecule has 0 radical (unpaired) electrons. The molecule has 4 aromatic rings.